The molecule has 2 bridgehead atoms. The monoisotopic (exact) mass is 272 g/mol. The van der Waals surface area contributed by atoms with Crippen molar-refractivity contribution < 1.29 is 9.13 Å². The number of fused-ring (bicyclic) bond motifs is 2. The Kier molecular flexibility index (Phi) is 4.54. The van der Waals surface area contributed by atoms with Crippen LogP contribution in [0.3, 0.4) is 0 Å². The fraction of sp³-hybridized carbons (Fsp3) is 0.615. The summed E-state index contributed by atoms with van der Waals surface area (Å²) < 4.78 is 19.1. The summed E-state index contributed by atoms with van der Waals surface area (Å²) >= 11 is 0. The van der Waals surface area contributed by atoms with Gasteiger partial charge in [0.25, 0.3) is 0 Å². The number of halogens is 2. The van der Waals surface area contributed by atoms with Gasteiger partial charge in [0, 0.05) is 23.8 Å². The molecule has 3 rings (SSSR count). The highest BCUT2D eigenvalue weighted by Crippen LogP contribution is 2.29. The lowest BCUT2D eigenvalue weighted by molar-refractivity contribution is 0.00774. The largest absolute Gasteiger partial charge is 0.373 e. The highest BCUT2D eigenvalue weighted by atomic mass is 35.5. The predicted molar refractivity (Wildman–Crippen MR) is 69.2 cm³/mol. The third kappa shape index (κ3) is 2.99. The molecule has 2 saturated heterocycles. The van der Waals surface area contributed by atoms with E-state index in [0.29, 0.717) is 24.3 Å². The molecule has 0 aromatic carbocycles. The molecule has 1 aromatic rings. The summed E-state index contributed by atoms with van der Waals surface area (Å²) in [7, 11) is 0. The molecular weight excluding hydrogens is 255 g/mol. The predicted octanol–water partition coefficient (Wildman–Crippen LogP) is 2.44. The van der Waals surface area contributed by atoms with E-state index in [2.05, 4.69) is 10.3 Å². The van der Waals surface area contributed by atoms with Crippen LogP contribution in [0.15, 0.2) is 18.3 Å². The van der Waals surface area contributed by atoms with E-state index >= 15 is 0 Å². The molecule has 0 spiro atoms. The van der Waals surface area contributed by atoms with Crippen LogP contribution in [0.4, 0.5) is 4.39 Å². The van der Waals surface area contributed by atoms with Crippen LogP contribution in [-0.2, 0) is 11.3 Å². The molecule has 1 aromatic heterocycles. The number of rotatable bonds is 3. The standard InChI is InChI=1S/C13H17FN2O.ClH/c14-13-9(2-1-5-15-13)8-17-12-6-10-3-4-11(7-12)16-10;/h1-2,5,10-12,16H,3-4,6-8H2;1H/t10-,11+,12+;. The van der Waals surface area contributed by atoms with Gasteiger partial charge in [-0.3, -0.25) is 0 Å². The summed E-state index contributed by atoms with van der Waals surface area (Å²) in [6.07, 6.45) is 6.35. The summed E-state index contributed by atoms with van der Waals surface area (Å²) in [4.78, 5) is 3.63. The third-order valence-corrected chi connectivity index (χ3v) is 3.74. The van der Waals surface area contributed by atoms with Gasteiger partial charge in [-0.25, -0.2) is 4.98 Å². The second-order valence-corrected chi connectivity index (χ2v) is 5.00. The first-order chi connectivity index (χ1) is 8.31. The first-order valence-corrected chi connectivity index (χ1v) is 6.28. The van der Waals surface area contributed by atoms with Crippen LogP contribution in [0.2, 0.25) is 0 Å². The number of hydrogen-bond donors (Lipinski definition) is 1. The van der Waals surface area contributed by atoms with Gasteiger partial charge in [0.15, 0.2) is 0 Å². The van der Waals surface area contributed by atoms with Crippen LogP contribution in [-0.4, -0.2) is 23.2 Å². The topological polar surface area (TPSA) is 34.1 Å². The molecule has 5 heteroatoms. The van der Waals surface area contributed by atoms with Crippen molar-refractivity contribution in [3.05, 3.63) is 29.8 Å². The fourth-order valence-electron chi connectivity index (χ4n) is 2.88. The van der Waals surface area contributed by atoms with Crippen LogP contribution in [0.5, 0.6) is 0 Å². The number of pyridine rings is 1. The number of nitrogens with one attached hydrogen (secondary N) is 1. The van der Waals surface area contributed by atoms with E-state index in [1.807, 2.05) is 0 Å². The van der Waals surface area contributed by atoms with Crippen molar-refractivity contribution in [3.8, 4) is 0 Å². The lowest BCUT2D eigenvalue weighted by Crippen LogP contribution is -2.41. The average Bonchev–Trinajstić information content (AvgIpc) is 2.68. The Morgan fingerprint density at radius 2 is 2.06 bits per heavy atom. The van der Waals surface area contributed by atoms with Gasteiger partial charge in [0.1, 0.15) is 0 Å². The summed E-state index contributed by atoms with van der Waals surface area (Å²) in [6, 6.07) is 4.70. The Balaban J connectivity index is 0.00000120. The van der Waals surface area contributed by atoms with Gasteiger partial charge < -0.3 is 10.1 Å². The molecular formula is C13H18ClFN2O. The highest BCUT2D eigenvalue weighted by molar-refractivity contribution is 5.85. The zero-order valence-electron chi connectivity index (χ0n) is 10.1. The lowest BCUT2D eigenvalue weighted by Gasteiger charge is -2.29. The van der Waals surface area contributed by atoms with Gasteiger partial charge in [-0.05, 0) is 31.7 Å². The van der Waals surface area contributed by atoms with Crippen LogP contribution in [0.25, 0.3) is 0 Å². The van der Waals surface area contributed by atoms with Crippen LogP contribution < -0.4 is 5.32 Å². The molecule has 0 amide bonds. The zero-order valence-corrected chi connectivity index (χ0v) is 11.0. The molecule has 0 saturated carbocycles. The molecule has 2 aliphatic heterocycles. The average molecular weight is 273 g/mol. The molecule has 3 nitrogen and oxygen atoms in total. The van der Waals surface area contributed by atoms with Crippen molar-refractivity contribution in [1.82, 2.24) is 10.3 Å². The second kappa shape index (κ2) is 5.95. The Labute approximate surface area is 113 Å². The second-order valence-electron chi connectivity index (χ2n) is 5.00. The van der Waals surface area contributed by atoms with Gasteiger partial charge in [-0.2, -0.15) is 4.39 Å². The Bertz CT molecular complexity index is 392. The normalized spacial score (nSPS) is 29.9. The smallest absolute Gasteiger partial charge is 0.218 e. The van der Waals surface area contributed by atoms with Crippen molar-refractivity contribution in [3.63, 3.8) is 0 Å². The van der Waals surface area contributed by atoms with E-state index in [9.17, 15) is 4.39 Å². The maximum absolute atomic E-state index is 13.3. The van der Waals surface area contributed by atoms with E-state index in [-0.39, 0.29) is 18.5 Å². The minimum Gasteiger partial charge on any atom is -0.373 e. The molecule has 3 atom stereocenters. The first kappa shape index (κ1) is 13.7. The van der Waals surface area contributed by atoms with Crippen molar-refractivity contribution in [1.29, 1.82) is 0 Å². The van der Waals surface area contributed by atoms with Crippen LogP contribution in [0, 0.1) is 5.95 Å². The van der Waals surface area contributed by atoms with Crippen molar-refractivity contribution in [2.24, 2.45) is 0 Å². The van der Waals surface area contributed by atoms with E-state index < -0.39 is 5.95 Å². The number of piperidine rings is 1. The zero-order chi connectivity index (χ0) is 11.7. The molecule has 0 aliphatic carbocycles. The number of nitrogens with zero attached hydrogens (tertiary/aromatic N) is 1. The molecule has 3 heterocycles. The summed E-state index contributed by atoms with van der Waals surface area (Å²) in [5.74, 6) is -0.413. The quantitative estimate of drug-likeness (QED) is 0.859. The number of ether oxygens (including phenoxy) is 1. The van der Waals surface area contributed by atoms with E-state index in [0.717, 1.165) is 12.8 Å². The van der Waals surface area contributed by atoms with Gasteiger partial charge in [-0.1, -0.05) is 6.07 Å². The highest BCUT2D eigenvalue weighted by Gasteiger charge is 2.33. The maximum atomic E-state index is 13.3. The Morgan fingerprint density at radius 3 is 2.72 bits per heavy atom. The maximum Gasteiger partial charge on any atom is 0.218 e. The lowest BCUT2D eigenvalue weighted by atomic mass is 10.0. The first-order valence-electron chi connectivity index (χ1n) is 6.28. The Morgan fingerprint density at radius 1 is 1.33 bits per heavy atom. The van der Waals surface area contributed by atoms with Crippen molar-refractivity contribution >= 4 is 12.4 Å². The summed E-state index contributed by atoms with van der Waals surface area (Å²) in [6.45, 7) is 0.337. The third-order valence-electron chi connectivity index (χ3n) is 3.74. The fourth-order valence-corrected chi connectivity index (χ4v) is 2.88. The summed E-state index contributed by atoms with van der Waals surface area (Å²) in [5, 5.41) is 3.56. The van der Waals surface area contributed by atoms with Crippen LogP contribution >= 0.6 is 12.4 Å². The molecule has 2 fully saturated rings. The minimum absolute atomic E-state index is 0. The molecule has 0 radical (unpaired) electrons. The Hall–Kier alpha value is -0.710. The minimum atomic E-state index is -0.413. The van der Waals surface area contributed by atoms with Gasteiger partial charge in [-0.15, -0.1) is 12.4 Å². The van der Waals surface area contributed by atoms with E-state index in [1.165, 1.54) is 19.0 Å². The van der Waals surface area contributed by atoms with Gasteiger partial charge in [0.05, 0.1) is 12.7 Å². The molecule has 1 N–H and O–H groups in total. The summed E-state index contributed by atoms with van der Waals surface area (Å²) in [5.41, 5.74) is 0.554. The van der Waals surface area contributed by atoms with Gasteiger partial charge >= 0.3 is 0 Å². The molecule has 2 aliphatic rings. The number of aromatic nitrogens is 1. The SMILES string of the molecule is Cl.Fc1ncccc1CO[C@H]1C[C@H]2CC[C@@H](C1)N2. The van der Waals surface area contributed by atoms with Gasteiger partial charge in [0.2, 0.25) is 5.95 Å². The van der Waals surface area contributed by atoms with E-state index in [4.69, 9.17) is 4.74 Å². The van der Waals surface area contributed by atoms with E-state index in [1.54, 1.807) is 12.1 Å². The van der Waals surface area contributed by atoms with Crippen molar-refractivity contribution in [2.45, 2.75) is 50.5 Å². The van der Waals surface area contributed by atoms with Crippen molar-refractivity contribution in [2.75, 3.05) is 0 Å². The molecule has 0 unspecified atom stereocenters. The van der Waals surface area contributed by atoms with Crippen LogP contribution in [0.1, 0.15) is 31.2 Å². The number of hydrogen-bond acceptors (Lipinski definition) is 3. The molecule has 100 valence electrons. The molecule has 18 heavy (non-hydrogen) atoms.